The number of hydrogen-bond donors (Lipinski definition) is 2. The molecule has 1 atom stereocenters. The first-order valence-corrected chi connectivity index (χ1v) is 10.6. The van der Waals surface area contributed by atoms with Gasteiger partial charge in [0.05, 0.1) is 30.1 Å². The lowest BCUT2D eigenvalue weighted by atomic mass is 10.0. The van der Waals surface area contributed by atoms with Crippen LogP contribution in [0.2, 0.25) is 0 Å². The molecule has 12 heteroatoms. The first-order chi connectivity index (χ1) is 17.3. The molecular weight excluding hydrogens is 480 g/mol. The number of carbonyl (C=O) groups is 2. The summed E-state index contributed by atoms with van der Waals surface area (Å²) in [4.78, 5) is 32.9. The van der Waals surface area contributed by atoms with Crippen LogP contribution in [0.4, 0.5) is 23.4 Å². The van der Waals surface area contributed by atoms with Gasteiger partial charge in [-0.1, -0.05) is 0 Å². The Labute approximate surface area is 203 Å². The predicted molar refractivity (Wildman–Crippen MR) is 123 cm³/mol. The van der Waals surface area contributed by atoms with Gasteiger partial charge < -0.3 is 10.6 Å². The van der Waals surface area contributed by atoms with Gasteiger partial charge in [0.1, 0.15) is 5.82 Å². The fourth-order valence-electron chi connectivity index (χ4n) is 3.53. The van der Waals surface area contributed by atoms with Crippen LogP contribution in [0.15, 0.2) is 42.6 Å². The first-order valence-electron chi connectivity index (χ1n) is 11.1. The summed E-state index contributed by atoms with van der Waals surface area (Å²) in [5.74, 6) is -1.86. The molecule has 8 nitrogen and oxygen atoms in total. The lowest BCUT2D eigenvalue weighted by Gasteiger charge is -2.13. The van der Waals surface area contributed by atoms with Crippen LogP contribution in [0.3, 0.4) is 0 Å². The van der Waals surface area contributed by atoms with Crippen LogP contribution in [-0.4, -0.2) is 31.4 Å². The standard InChI is InChI=1S/C24H20F4N6O2/c1-12-17(20-6-7-22-32-21(31-14(3)35)11-34(22)33-20)9-18(13(2)30-12)23(36)29-10-15-8-16(24(26,27)28)4-5-19(15)25/h4-9,11H,10H2,1-3H3,(H,29,36)(H,31,35)/i10D. The number of hydrogen-bond acceptors (Lipinski definition) is 5. The Bertz CT molecular complexity index is 1540. The smallest absolute Gasteiger partial charge is 0.348 e. The molecule has 4 aromatic rings. The summed E-state index contributed by atoms with van der Waals surface area (Å²) in [6.07, 6.45) is -3.22. The molecule has 0 saturated heterocycles. The van der Waals surface area contributed by atoms with Gasteiger partial charge in [-0.2, -0.15) is 18.3 Å². The Kier molecular flexibility index (Phi) is 6.08. The average molecular weight is 501 g/mol. The zero-order valence-corrected chi connectivity index (χ0v) is 19.2. The first kappa shape index (κ1) is 23.4. The lowest BCUT2D eigenvalue weighted by molar-refractivity contribution is -0.137. The highest BCUT2D eigenvalue weighted by molar-refractivity contribution is 5.96. The van der Waals surface area contributed by atoms with Gasteiger partial charge in [-0.25, -0.2) is 13.9 Å². The van der Waals surface area contributed by atoms with Crippen LogP contribution < -0.4 is 10.6 Å². The van der Waals surface area contributed by atoms with Crippen molar-refractivity contribution in [2.75, 3.05) is 5.32 Å². The molecule has 3 heterocycles. The van der Waals surface area contributed by atoms with Crippen molar-refractivity contribution in [2.45, 2.75) is 33.5 Å². The summed E-state index contributed by atoms with van der Waals surface area (Å²) in [7, 11) is 0. The Balaban J connectivity index is 1.65. The number of anilines is 1. The van der Waals surface area contributed by atoms with Crippen LogP contribution in [0, 0.1) is 19.7 Å². The molecule has 0 aliphatic carbocycles. The number of nitrogens with zero attached hydrogens (tertiary/aromatic N) is 4. The number of imidazole rings is 1. The molecular formula is C24H20F4N6O2. The van der Waals surface area contributed by atoms with Crippen molar-refractivity contribution in [1.29, 1.82) is 0 Å². The van der Waals surface area contributed by atoms with Crippen molar-refractivity contribution in [3.8, 4) is 11.3 Å². The topological polar surface area (TPSA) is 101 Å². The minimum Gasteiger partial charge on any atom is -0.348 e. The molecule has 0 radical (unpaired) electrons. The van der Waals surface area contributed by atoms with Crippen LogP contribution in [-0.2, 0) is 17.5 Å². The Morgan fingerprint density at radius 1 is 1.08 bits per heavy atom. The normalized spacial score (nSPS) is 12.8. The number of carbonyl (C=O) groups excluding carboxylic acids is 2. The van der Waals surface area contributed by atoms with Gasteiger partial charge in [-0.3, -0.25) is 14.6 Å². The number of benzene rings is 1. The van der Waals surface area contributed by atoms with Crippen molar-refractivity contribution in [3.05, 3.63) is 76.5 Å². The number of halogens is 4. The second-order valence-corrected chi connectivity index (χ2v) is 7.93. The van der Waals surface area contributed by atoms with Crippen molar-refractivity contribution in [3.63, 3.8) is 0 Å². The number of nitrogens with one attached hydrogen (secondary N) is 2. The fourth-order valence-corrected chi connectivity index (χ4v) is 3.53. The van der Waals surface area contributed by atoms with Crippen molar-refractivity contribution in [2.24, 2.45) is 0 Å². The molecule has 4 rings (SSSR count). The van der Waals surface area contributed by atoms with E-state index in [1.54, 1.807) is 26.0 Å². The molecule has 1 unspecified atom stereocenters. The van der Waals surface area contributed by atoms with E-state index in [2.05, 4.69) is 25.7 Å². The Morgan fingerprint density at radius 3 is 2.53 bits per heavy atom. The highest BCUT2D eigenvalue weighted by Gasteiger charge is 2.31. The third kappa shape index (κ3) is 5.16. The Hall–Kier alpha value is -4.35. The van der Waals surface area contributed by atoms with Crippen LogP contribution in [0.1, 0.15) is 41.2 Å². The highest BCUT2D eigenvalue weighted by atomic mass is 19.4. The molecule has 0 spiro atoms. The quantitative estimate of drug-likeness (QED) is 0.394. The van der Waals surface area contributed by atoms with Gasteiger partial charge in [-0.15, -0.1) is 0 Å². The van der Waals surface area contributed by atoms with Gasteiger partial charge in [0, 0.05) is 30.3 Å². The molecule has 0 fully saturated rings. The lowest BCUT2D eigenvalue weighted by Crippen LogP contribution is -2.25. The molecule has 0 aliphatic heterocycles. The van der Waals surface area contributed by atoms with E-state index < -0.39 is 35.5 Å². The van der Waals surface area contributed by atoms with E-state index in [4.69, 9.17) is 1.37 Å². The zero-order valence-electron chi connectivity index (χ0n) is 20.2. The van der Waals surface area contributed by atoms with Gasteiger partial charge in [0.25, 0.3) is 5.91 Å². The van der Waals surface area contributed by atoms with Crippen molar-refractivity contribution in [1.82, 2.24) is 24.9 Å². The molecule has 2 amide bonds. The minimum absolute atomic E-state index is 0.0386. The van der Waals surface area contributed by atoms with Crippen molar-refractivity contribution >= 4 is 23.3 Å². The van der Waals surface area contributed by atoms with E-state index in [0.717, 1.165) is 0 Å². The molecule has 2 N–H and O–H groups in total. The van der Waals surface area contributed by atoms with Gasteiger partial charge in [0.2, 0.25) is 5.91 Å². The van der Waals surface area contributed by atoms with E-state index in [0.29, 0.717) is 52.3 Å². The van der Waals surface area contributed by atoms with Crippen LogP contribution in [0.25, 0.3) is 16.9 Å². The maximum Gasteiger partial charge on any atom is 0.416 e. The number of aromatic nitrogens is 4. The number of amides is 2. The van der Waals surface area contributed by atoms with Crippen molar-refractivity contribution < 1.29 is 28.5 Å². The Morgan fingerprint density at radius 2 is 1.83 bits per heavy atom. The van der Waals surface area contributed by atoms with Gasteiger partial charge in [0.15, 0.2) is 11.5 Å². The van der Waals surface area contributed by atoms with Crippen LogP contribution in [0.5, 0.6) is 0 Å². The molecule has 0 saturated carbocycles. The largest absolute Gasteiger partial charge is 0.416 e. The third-order valence-corrected chi connectivity index (χ3v) is 5.23. The monoisotopic (exact) mass is 501 g/mol. The average Bonchev–Trinajstić information content (AvgIpc) is 3.19. The summed E-state index contributed by atoms with van der Waals surface area (Å²) in [5.41, 5.74) is 0.474. The number of pyridine rings is 1. The second-order valence-electron chi connectivity index (χ2n) is 7.93. The van der Waals surface area contributed by atoms with E-state index in [-0.39, 0.29) is 11.5 Å². The number of rotatable bonds is 5. The number of alkyl halides is 3. The highest BCUT2D eigenvalue weighted by Crippen LogP contribution is 2.30. The minimum atomic E-state index is -4.73. The third-order valence-electron chi connectivity index (χ3n) is 5.23. The number of fused-ring (bicyclic) bond motifs is 1. The maximum absolute atomic E-state index is 14.2. The molecule has 1 aromatic carbocycles. The van der Waals surface area contributed by atoms with E-state index in [1.807, 2.05) is 0 Å². The summed E-state index contributed by atoms with van der Waals surface area (Å²) >= 11 is 0. The molecule has 186 valence electrons. The zero-order chi connectivity index (χ0) is 27.1. The fraction of sp³-hybridized carbons (Fsp3) is 0.208. The summed E-state index contributed by atoms with van der Waals surface area (Å²) in [6.45, 7) is 2.81. The number of aryl methyl sites for hydroxylation is 2. The molecule has 3 aromatic heterocycles. The van der Waals surface area contributed by atoms with Gasteiger partial charge >= 0.3 is 6.18 Å². The van der Waals surface area contributed by atoms with E-state index in [1.165, 1.54) is 23.7 Å². The molecule has 0 aliphatic rings. The molecule has 36 heavy (non-hydrogen) atoms. The van der Waals surface area contributed by atoms with Gasteiger partial charge in [-0.05, 0) is 50.2 Å². The molecule has 0 bridgehead atoms. The van der Waals surface area contributed by atoms with Crippen LogP contribution >= 0.6 is 0 Å². The summed E-state index contributed by atoms with van der Waals surface area (Å²) in [5, 5.41) is 9.24. The predicted octanol–water partition coefficient (Wildman–Crippen LogP) is 4.45. The summed E-state index contributed by atoms with van der Waals surface area (Å²) in [6, 6.07) is 6.46. The second kappa shape index (κ2) is 9.36. The van der Waals surface area contributed by atoms with E-state index in [9.17, 15) is 27.2 Å². The maximum atomic E-state index is 14.2. The summed E-state index contributed by atoms with van der Waals surface area (Å²) < 4.78 is 62.8. The van der Waals surface area contributed by atoms with E-state index >= 15 is 0 Å². The SMILES string of the molecule is [2H]C(NC(=O)c1cc(-c2ccc3nc(NC(C)=O)cn3n2)c(C)nc1C)c1cc(C(F)(F)F)ccc1F.